The van der Waals surface area contributed by atoms with Crippen molar-refractivity contribution in [3.05, 3.63) is 68.8 Å². The smallest absolute Gasteiger partial charge is 0.336 e. The van der Waals surface area contributed by atoms with E-state index in [0.717, 1.165) is 40.7 Å². The van der Waals surface area contributed by atoms with E-state index in [-0.39, 0.29) is 5.63 Å². The molecule has 4 heteroatoms. The highest BCUT2D eigenvalue weighted by Crippen LogP contribution is 2.22. The van der Waals surface area contributed by atoms with E-state index < -0.39 is 0 Å². The van der Waals surface area contributed by atoms with Crippen molar-refractivity contribution in [3.63, 3.8) is 0 Å². The van der Waals surface area contributed by atoms with E-state index in [9.17, 15) is 4.79 Å². The van der Waals surface area contributed by atoms with Gasteiger partial charge in [-0.1, -0.05) is 12.1 Å². The molecule has 120 valence electrons. The zero-order valence-corrected chi connectivity index (χ0v) is 14.1. The molecule has 0 spiro atoms. The number of hydrogen-bond acceptors (Lipinski definition) is 2. The van der Waals surface area contributed by atoms with Crippen LogP contribution in [0.2, 0.25) is 0 Å². The molecule has 2 N–H and O–H groups in total. The Morgan fingerprint density at radius 2 is 1.87 bits per heavy atom. The van der Waals surface area contributed by atoms with Gasteiger partial charge in [-0.3, -0.25) is 0 Å². The van der Waals surface area contributed by atoms with Crippen molar-refractivity contribution < 1.29 is 9.73 Å². The number of aromatic nitrogens is 1. The van der Waals surface area contributed by atoms with Gasteiger partial charge in [-0.25, -0.2) is 4.79 Å². The second-order valence-electron chi connectivity index (χ2n) is 6.20. The van der Waals surface area contributed by atoms with Gasteiger partial charge in [0.15, 0.2) is 0 Å². The Morgan fingerprint density at radius 3 is 2.57 bits per heavy atom. The molecule has 0 radical (unpaired) electrons. The van der Waals surface area contributed by atoms with E-state index in [1.807, 2.05) is 13.8 Å². The van der Waals surface area contributed by atoms with Gasteiger partial charge in [-0.15, -0.1) is 0 Å². The van der Waals surface area contributed by atoms with Crippen molar-refractivity contribution in [2.45, 2.75) is 33.9 Å². The maximum absolute atomic E-state index is 11.9. The number of nitrogens with two attached hydrogens (primary N) is 1. The first-order valence-electron chi connectivity index (χ1n) is 7.93. The van der Waals surface area contributed by atoms with Gasteiger partial charge in [0.2, 0.25) is 0 Å². The molecule has 1 aromatic carbocycles. The summed E-state index contributed by atoms with van der Waals surface area (Å²) in [6.45, 7) is 7.78. The fourth-order valence-electron chi connectivity index (χ4n) is 2.94. The SMILES string of the molecule is Cc1ccc2c(C[NH2+]Cc3ccc(C)n3C)cc(=O)oc2c1C. The molecule has 23 heavy (non-hydrogen) atoms. The van der Waals surface area contributed by atoms with Gasteiger partial charge in [0.25, 0.3) is 0 Å². The summed E-state index contributed by atoms with van der Waals surface area (Å²) in [6.07, 6.45) is 0. The summed E-state index contributed by atoms with van der Waals surface area (Å²) in [5.41, 5.74) is 6.19. The molecular formula is C19H23N2O2+. The summed E-state index contributed by atoms with van der Waals surface area (Å²) in [5, 5.41) is 3.25. The molecule has 0 saturated heterocycles. The summed E-state index contributed by atoms with van der Waals surface area (Å²) in [6, 6.07) is 10.0. The normalized spacial score (nSPS) is 11.3. The predicted octanol–water partition coefficient (Wildman–Crippen LogP) is 2.32. The lowest BCUT2D eigenvalue weighted by molar-refractivity contribution is -0.686. The minimum absolute atomic E-state index is 0.274. The van der Waals surface area contributed by atoms with Crippen molar-refractivity contribution >= 4 is 11.0 Å². The molecule has 0 fully saturated rings. The molecule has 3 rings (SSSR count). The zero-order chi connectivity index (χ0) is 16.6. The van der Waals surface area contributed by atoms with Crippen molar-refractivity contribution in [1.29, 1.82) is 0 Å². The maximum Gasteiger partial charge on any atom is 0.336 e. The van der Waals surface area contributed by atoms with Gasteiger partial charge >= 0.3 is 5.63 Å². The first-order chi connectivity index (χ1) is 11.0. The first kappa shape index (κ1) is 15.6. The molecule has 4 nitrogen and oxygen atoms in total. The Morgan fingerprint density at radius 1 is 1.09 bits per heavy atom. The molecule has 0 aliphatic carbocycles. The molecule has 0 aliphatic heterocycles. The minimum Gasteiger partial charge on any atom is -0.422 e. The molecule has 3 aromatic rings. The lowest BCUT2D eigenvalue weighted by atomic mass is 10.0. The molecule has 0 aliphatic rings. The highest BCUT2D eigenvalue weighted by Gasteiger charge is 2.11. The third-order valence-electron chi connectivity index (χ3n) is 4.71. The Labute approximate surface area is 135 Å². The highest BCUT2D eigenvalue weighted by molar-refractivity contribution is 5.83. The Kier molecular flexibility index (Phi) is 4.09. The monoisotopic (exact) mass is 311 g/mol. The minimum atomic E-state index is -0.274. The summed E-state index contributed by atoms with van der Waals surface area (Å²) < 4.78 is 7.62. The Hall–Kier alpha value is -2.33. The Bertz CT molecular complexity index is 919. The van der Waals surface area contributed by atoms with Crippen LogP contribution in [0.1, 0.15) is 28.1 Å². The van der Waals surface area contributed by atoms with Gasteiger partial charge in [-0.2, -0.15) is 0 Å². The number of hydrogen-bond donors (Lipinski definition) is 1. The van der Waals surface area contributed by atoms with Crippen LogP contribution >= 0.6 is 0 Å². The number of nitrogens with zero attached hydrogens (tertiary/aromatic N) is 1. The fraction of sp³-hybridized carbons (Fsp3) is 0.316. The second-order valence-corrected chi connectivity index (χ2v) is 6.20. The average molecular weight is 311 g/mol. The lowest BCUT2D eigenvalue weighted by Gasteiger charge is -2.09. The third kappa shape index (κ3) is 2.94. The molecule has 2 aromatic heterocycles. The maximum atomic E-state index is 11.9. The quantitative estimate of drug-likeness (QED) is 0.752. The van der Waals surface area contributed by atoms with Crippen LogP contribution in [0.4, 0.5) is 0 Å². The van der Waals surface area contributed by atoms with Crippen LogP contribution in [-0.2, 0) is 20.1 Å². The lowest BCUT2D eigenvalue weighted by Crippen LogP contribution is -2.81. The fourth-order valence-corrected chi connectivity index (χ4v) is 2.94. The van der Waals surface area contributed by atoms with E-state index in [2.05, 4.69) is 48.1 Å². The van der Waals surface area contributed by atoms with Crippen molar-refractivity contribution in [1.82, 2.24) is 4.57 Å². The number of rotatable bonds is 4. The first-order valence-corrected chi connectivity index (χ1v) is 7.93. The third-order valence-corrected chi connectivity index (χ3v) is 4.71. The predicted molar refractivity (Wildman–Crippen MR) is 91.4 cm³/mol. The molecule has 0 saturated carbocycles. The number of aryl methyl sites for hydroxylation is 3. The molecule has 2 heterocycles. The van der Waals surface area contributed by atoms with Crippen molar-refractivity contribution in [2.24, 2.45) is 7.05 Å². The van der Waals surface area contributed by atoms with E-state index >= 15 is 0 Å². The van der Waals surface area contributed by atoms with E-state index in [1.54, 1.807) is 6.07 Å². The largest absolute Gasteiger partial charge is 0.422 e. The molecular weight excluding hydrogens is 288 g/mol. The van der Waals surface area contributed by atoms with Crippen LogP contribution in [0.5, 0.6) is 0 Å². The molecule has 0 amide bonds. The van der Waals surface area contributed by atoms with Gasteiger partial charge in [-0.05, 0) is 44.0 Å². The summed E-state index contributed by atoms with van der Waals surface area (Å²) in [7, 11) is 2.08. The molecule has 0 atom stereocenters. The summed E-state index contributed by atoms with van der Waals surface area (Å²) in [4.78, 5) is 11.9. The van der Waals surface area contributed by atoms with Gasteiger partial charge in [0, 0.05) is 29.8 Å². The summed E-state index contributed by atoms with van der Waals surface area (Å²) >= 11 is 0. The Balaban J connectivity index is 1.87. The van der Waals surface area contributed by atoms with Crippen LogP contribution < -0.4 is 10.9 Å². The van der Waals surface area contributed by atoms with Crippen LogP contribution in [0.15, 0.2) is 39.5 Å². The van der Waals surface area contributed by atoms with E-state index in [0.29, 0.717) is 0 Å². The van der Waals surface area contributed by atoms with Crippen molar-refractivity contribution in [3.8, 4) is 0 Å². The van der Waals surface area contributed by atoms with Crippen LogP contribution in [0, 0.1) is 20.8 Å². The number of fused-ring (bicyclic) bond motifs is 1. The van der Waals surface area contributed by atoms with Gasteiger partial charge in [0.1, 0.15) is 18.7 Å². The molecule has 0 bridgehead atoms. The number of quaternary nitrogens is 1. The molecule has 0 unspecified atom stereocenters. The van der Waals surface area contributed by atoms with Crippen molar-refractivity contribution in [2.75, 3.05) is 0 Å². The van der Waals surface area contributed by atoms with Crippen LogP contribution in [-0.4, -0.2) is 4.57 Å². The second kappa shape index (κ2) is 6.05. The van der Waals surface area contributed by atoms with Crippen LogP contribution in [0.25, 0.3) is 11.0 Å². The van der Waals surface area contributed by atoms with E-state index in [1.165, 1.54) is 11.4 Å². The van der Waals surface area contributed by atoms with Crippen LogP contribution in [0.3, 0.4) is 0 Å². The van der Waals surface area contributed by atoms with E-state index in [4.69, 9.17) is 4.42 Å². The zero-order valence-electron chi connectivity index (χ0n) is 14.1. The average Bonchev–Trinajstić information content (AvgIpc) is 2.83. The van der Waals surface area contributed by atoms with Gasteiger partial charge < -0.3 is 14.3 Å². The number of benzene rings is 1. The highest BCUT2D eigenvalue weighted by atomic mass is 16.4. The summed E-state index contributed by atoms with van der Waals surface area (Å²) in [5.74, 6) is 0. The topological polar surface area (TPSA) is 51.8 Å². The van der Waals surface area contributed by atoms with Gasteiger partial charge in [0.05, 0.1) is 5.69 Å². The standard InChI is InChI=1S/C19H22N2O2/c1-12-5-8-17-15(9-18(22)23-19(17)14(12)3)10-20-11-16-7-6-13(2)21(16)4/h5-9,20H,10-11H2,1-4H3/p+1.